The van der Waals surface area contributed by atoms with Gasteiger partial charge in [0, 0.05) is 28.2 Å². The lowest BCUT2D eigenvalue weighted by Crippen LogP contribution is -1.98. The van der Waals surface area contributed by atoms with Gasteiger partial charge in [-0.25, -0.2) is 0 Å². The molecule has 0 atom stereocenters. The largest absolute Gasteiger partial charge is 0.359 e. The van der Waals surface area contributed by atoms with Crippen LogP contribution in [0.3, 0.4) is 0 Å². The Morgan fingerprint density at radius 3 is 2.77 bits per heavy atom. The van der Waals surface area contributed by atoms with Crippen molar-refractivity contribution in [3.05, 3.63) is 77.5 Å². The molecule has 0 spiro atoms. The second-order valence-electron chi connectivity index (χ2n) is 4.96. The van der Waals surface area contributed by atoms with Crippen molar-refractivity contribution in [2.75, 3.05) is 5.32 Å². The third kappa shape index (κ3) is 2.18. The van der Waals surface area contributed by atoms with Crippen molar-refractivity contribution in [1.29, 1.82) is 0 Å². The number of hydrogen-bond donors (Lipinski definition) is 1. The lowest BCUT2D eigenvalue weighted by molar-refractivity contribution is 0.104. The Bertz CT molecular complexity index is 912. The number of benzene rings is 2. The molecule has 3 nitrogen and oxygen atoms in total. The maximum Gasteiger partial charge on any atom is 0.202 e. The van der Waals surface area contributed by atoms with Crippen LogP contribution < -0.4 is 5.32 Å². The molecule has 0 saturated carbocycles. The van der Waals surface area contributed by atoms with E-state index in [1.165, 1.54) is 11.8 Å². The number of allylic oxidation sites excluding steroid dienone is 1. The molecule has 4 heteroatoms. The number of carbonyl (C=O) groups is 1. The fraction of sp³-hybridized carbons (Fsp3) is 0. The Hall–Kier alpha value is -2.59. The summed E-state index contributed by atoms with van der Waals surface area (Å²) in [5.41, 5.74) is 2.57. The highest BCUT2D eigenvalue weighted by Gasteiger charge is 2.25. The Balaban J connectivity index is 1.67. The van der Waals surface area contributed by atoms with E-state index in [9.17, 15) is 4.79 Å². The lowest BCUT2D eigenvalue weighted by atomic mass is 10.1. The zero-order chi connectivity index (χ0) is 14.9. The molecule has 106 valence electrons. The molecular weight excluding hydrogens is 292 g/mol. The molecule has 0 saturated heterocycles. The number of rotatable bonds is 2. The minimum Gasteiger partial charge on any atom is -0.359 e. The first kappa shape index (κ1) is 13.1. The smallest absolute Gasteiger partial charge is 0.202 e. The van der Waals surface area contributed by atoms with Gasteiger partial charge in [-0.3, -0.25) is 9.78 Å². The number of aromatic nitrogens is 1. The lowest BCUT2D eigenvalue weighted by Gasteiger charge is -2.05. The van der Waals surface area contributed by atoms with Crippen molar-refractivity contribution in [3.63, 3.8) is 0 Å². The topological polar surface area (TPSA) is 42.0 Å². The summed E-state index contributed by atoms with van der Waals surface area (Å²) in [7, 11) is 0. The van der Waals surface area contributed by atoms with Crippen LogP contribution in [0.25, 0.3) is 10.9 Å². The summed E-state index contributed by atoms with van der Waals surface area (Å²) in [5, 5.41) is 4.30. The third-order valence-corrected chi connectivity index (χ3v) is 4.67. The zero-order valence-electron chi connectivity index (χ0n) is 11.6. The van der Waals surface area contributed by atoms with Crippen LogP contribution in [0.1, 0.15) is 10.4 Å². The van der Waals surface area contributed by atoms with E-state index < -0.39 is 0 Å². The standard InChI is InChI=1S/C18H12N2OS/c21-18-13-7-1-2-9-15(13)22-16(18)11-20-14-8-3-5-12-6-4-10-19-17(12)14/h1-11,20H/b16-11+. The minimum atomic E-state index is 0.0706. The highest BCUT2D eigenvalue weighted by molar-refractivity contribution is 8.04. The number of ketones is 1. The molecule has 22 heavy (non-hydrogen) atoms. The van der Waals surface area contributed by atoms with Gasteiger partial charge in [0.15, 0.2) is 0 Å². The number of hydrogen-bond acceptors (Lipinski definition) is 4. The third-order valence-electron chi connectivity index (χ3n) is 3.57. The molecule has 1 aromatic heterocycles. The van der Waals surface area contributed by atoms with E-state index >= 15 is 0 Å². The number of para-hydroxylation sites is 1. The molecule has 1 aliphatic rings. The van der Waals surface area contributed by atoms with Gasteiger partial charge in [0.25, 0.3) is 0 Å². The Labute approximate surface area is 132 Å². The van der Waals surface area contributed by atoms with Crippen molar-refractivity contribution in [1.82, 2.24) is 4.98 Å². The van der Waals surface area contributed by atoms with Gasteiger partial charge in [0.05, 0.1) is 16.1 Å². The molecule has 2 aromatic carbocycles. The molecular formula is C18H12N2OS. The molecule has 0 amide bonds. The maximum atomic E-state index is 12.3. The molecule has 0 radical (unpaired) electrons. The van der Waals surface area contributed by atoms with Crippen LogP contribution in [0.15, 0.2) is 76.8 Å². The first-order valence-electron chi connectivity index (χ1n) is 6.95. The normalized spacial score (nSPS) is 15.3. The number of thioether (sulfide) groups is 1. The fourth-order valence-corrected chi connectivity index (χ4v) is 3.47. The quantitative estimate of drug-likeness (QED) is 0.709. The van der Waals surface area contributed by atoms with Crippen LogP contribution >= 0.6 is 11.8 Å². The van der Waals surface area contributed by atoms with Crippen LogP contribution in [0.5, 0.6) is 0 Å². The molecule has 3 aromatic rings. The van der Waals surface area contributed by atoms with Gasteiger partial charge >= 0.3 is 0 Å². The number of pyridine rings is 1. The fourth-order valence-electron chi connectivity index (χ4n) is 2.50. The van der Waals surface area contributed by atoms with Crippen LogP contribution in [0, 0.1) is 0 Å². The van der Waals surface area contributed by atoms with Crippen molar-refractivity contribution in [3.8, 4) is 0 Å². The zero-order valence-corrected chi connectivity index (χ0v) is 12.4. The Morgan fingerprint density at radius 1 is 1.00 bits per heavy atom. The molecule has 1 aliphatic heterocycles. The summed E-state index contributed by atoms with van der Waals surface area (Å²) >= 11 is 1.50. The van der Waals surface area contributed by atoms with E-state index in [-0.39, 0.29) is 5.78 Å². The van der Waals surface area contributed by atoms with Crippen molar-refractivity contribution in [2.45, 2.75) is 4.90 Å². The van der Waals surface area contributed by atoms with E-state index in [0.29, 0.717) is 4.91 Å². The van der Waals surface area contributed by atoms with Crippen molar-refractivity contribution in [2.24, 2.45) is 0 Å². The van der Waals surface area contributed by atoms with Gasteiger partial charge in [-0.15, -0.1) is 0 Å². The van der Waals surface area contributed by atoms with Gasteiger partial charge in [0.2, 0.25) is 5.78 Å². The number of nitrogens with one attached hydrogen (secondary N) is 1. The van der Waals surface area contributed by atoms with Crippen molar-refractivity contribution >= 4 is 34.1 Å². The molecule has 0 bridgehead atoms. The summed E-state index contributed by atoms with van der Waals surface area (Å²) in [5.74, 6) is 0.0706. The van der Waals surface area contributed by atoms with E-state index in [2.05, 4.69) is 10.3 Å². The Morgan fingerprint density at radius 2 is 1.86 bits per heavy atom. The van der Waals surface area contributed by atoms with Gasteiger partial charge < -0.3 is 5.32 Å². The van der Waals surface area contributed by atoms with Crippen LogP contribution in [0.2, 0.25) is 0 Å². The summed E-state index contributed by atoms with van der Waals surface area (Å²) < 4.78 is 0. The highest BCUT2D eigenvalue weighted by Crippen LogP contribution is 2.39. The molecule has 4 rings (SSSR count). The van der Waals surface area contributed by atoms with E-state index in [1.54, 1.807) is 12.4 Å². The summed E-state index contributed by atoms with van der Waals surface area (Å²) in [4.78, 5) is 18.5. The number of anilines is 1. The molecule has 2 heterocycles. The molecule has 0 fully saturated rings. The first-order chi connectivity index (χ1) is 10.8. The summed E-state index contributed by atoms with van der Waals surface area (Å²) in [6.45, 7) is 0. The molecule has 0 unspecified atom stereocenters. The second-order valence-corrected chi connectivity index (χ2v) is 6.04. The Kier molecular flexibility index (Phi) is 3.16. The summed E-state index contributed by atoms with van der Waals surface area (Å²) in [6.07, 6.45) is 3.54. The highest BCUT2D eigenvalue weighted by atomic mass is 32.2. The van der Waals surface area contributed by atoms with E-state index in [1.807, 2.05) is 54.6 Å². The SMILES string of the molecule is O=C1/C(=C\Nc2cccc3cccnc23)Sc2ccccc21. The predicted molar refractivity (Wildman–Crippen MR) is 90.1 cm³/mol. The number of fused-ring (bicyclic) bond motifs is 2. The minimum absolute atomic E-state index is 0.0706. The average Bonchev–Trinajstić information content (AvgIpc) is 2.89. The maximum absolute atomic E-state index is 12.3. The van der Waals surface area contributed by atoms with E-state index in [0.717, 1.165) is 27.0 Å². The van der Waals surface area contributed by atoms with Gasteiger partial charge in [-0.05, 0) is 24.3 Å². The number of nitrogens with zero attached hydrogens (tertiary/aromatic N) is 1. The van der Waals surface area contributed by atoms with Crippen LogP contribution in [0.4, 0.5) is 5.69 Å². The van der Waals surface area contributed by atoms with Crippen LogP contribution in [-0.4, -0.2) is 10.8 Å². The number of Topliss-reactive ketones (excluding diaryl/α,β-unsaturated/α-hetero) is 1. The van der Waals surface area contributed by atoms with Gasteiger partial charge in [-0.2, -0.15) is 0 Å². The van der Waals surface area contributed by atoms with Gasteiger partial charge in [-0.1, -0.05) is 42.1 Å². The molecule has 0 aliphatic carbocycles. The number of carbonyl (C=O) groups excluding carboxylic acids is 1. The predicted octanol–water partition coefficient (Wildman–Crippen LogP) is 4.48. The summed E-state index contributed by atoms with van der Waals surface area (Å²) in [6, 6.07) is 17.6. The molecule has 1 N–H and O–H groups in total. The second kappa shape index (κ2) is 5.31. The monoisotopic (exact) mass is 304 g/mol. The van der Waals surface area contributed by atoms with Gasteiger partial charge in [0.1, 0.15) is 0 Å². The van der Waals surface area contributed by atoms with Crippen LogP contribution in [-0.2, 0) is 0 Å². The van der Waals surface area contributed by atoms with Crippen molar-refractivity contribution < 1.29 is 4.79 Å². The average molecular weight is 304 g/mol. The first-order valence-corrected chi connectivity index (χ1v) is 7.76. The van der Waals surface area contributed by atoms with E-state index in [4.69, 9.17) is 0 Å².